The van der Waals surface area contributed by atoms with E-state index in [0.29, 0.717) is 23.2 Å². The number of fused-ring (bicyclic) bond motifs is 1. The van der Waals surface area contributed by atoms with E-state index in [2.05, 4.69) is 15.5 Å². The van der Waals surface area contributed by atoms with Crippen molar-refractivity contribution in [2.45, 2.75) is 38.8 Å². The average Bonchev–Trinajstić information content (AvgIpc) is 3.32. The van der Waals surface area contributed by atoms with Gasteiger partial charge in [-0.3, -0.25) is 14.5 Å². The lowest BCUT2D eigenvalue weighted by molar-refractivity contribution is -0.120. The quantitative estimate of drug-likeness (QED) is 0.759. The van der Waals surface area contributed by atoms with Crippen molar-refractivity contribution in [3.63, 3.8) is 0 Å². The van der Waals surface area contributed by atoms with Crippen LogP contribution in [-0.4, -0.2) is 56.2 Å². The lowest BCUT2D eigenvalue weighted by atomic mass is 10.0. The molecular weight excluding hydrogens is 391 g/mol. The molecule has 4 rings (SSSR count). The second-order valence-electron chi connectivity index (χ2n) is 8.48. The Morgan fingerprint density at radius 1 is 1.13 bits per heavy atom. The maximum absolute atomic E-state index is 14.9. The third-order valence-electron chi connectivity index (χ3n) is 6.19. The zero-order chi connectivity index (χ0) is 21.4. The van der Waals surface area contributed by atoms with Gasteiger partial charge in [-0.15, -0.1) is 0 Å². The molecule has 3 fully saturated rings. The van der Waals surface area contributed by atoms with Crippen LogP contribution in [-0.2, 0) is 14.3 Å². The minimum absolute atomic E-state index is 0.00165. The summed E-state index contributed by atoms with van der Waals surface area (Å²) >= 11 is 0. The van der Waals surface area contributed by atoms with E-state index in [1.165, 1.54) is 24.8 Å². The molecule has 3 aliphatic rings. The predicted molar refractivity (Wildman–Crippen MR) is 109 cm³/mol. The van der Waals surface area contributed by atoms with Crippen molar-refractivity contribution in [3.8, 4) is 0 Å². The molecule has 0 radical (unpaired) electrons. The zero-order valence-corrected chi connectivity index (χ0v) is 17.2. The molecule has 3 amide bonds. The molecule has 8 nitrogen and oxygen atoms in total. The summed E-state index contributed by atoms with van der Waals surface area (Å²) in [6.07, 6.45) is 0.849. The molecule has 0 bridgehead atoms. The van der Waals surface area contributed by atoms with Crippen molar-refractivity contribution in [2.24, 2.45) is 11.8 Å². The van der Waals surface area contributed by atoms with Gasteiger partial charge >= 0.3 is 6.09 Å². The fraction of sp³-hybridized carbons (Fsp3) is 0.571. The summed E-state index contributed by atoms with van der Waals surface area (Å²) in [5.41, 5.74) is 0.975. The fourth-order valence-electron chi connectivity index (χ4n) is 4.92. The number of carbonyl (C=O) groups is 3. The van der Waals surface area contributed by atoms with Crippen LogP contribution >= 0.6 is 0 Å². The summed E-state index contributed by atoms with van der Waals surface area (Å²) in [7, 11) is 0. The van der Waals surface area contributed by atoms with Crippen molar-refractivity contribution < 1.29 is 23.5 Å². The van der Waals surface area contributed by atoms with Gasteiger partial charge in [-0.2, -0.15) is 0 Å². The summed E-state index contributed by atoms with van der Waals surface area (Å²) in [6.45, 7) is 4.96. The van der Waals surface area contributed by atoms with E-state index >= 15 is 0 Å². The highest BCUT2D eigenvalue weighted by atomic mass is 19.1. The Kier molecular flexibility index (Phi) is 5.53. The Bertz CT molecular complexity index is 849. The van der Waals surface area contributed by atoms with Crippen molar-refractivity contribution in [1.82, 2.24) is 10.6 Å². The van der Waals surface area contributed by atoms with Gasteiger partial charge < -0.3 is 20.3 Å². The van der Waals surface area contributed by atoms with Gasteiger partial charge in [0.05, 0.1) is 24.5 Å². The third-order valence-corrected chi connectivity index (χ3v) is 6.19. The Morgan fingerprint density at radius 2 is 1.83 bits per heavy atom. The molecule has 2 N–H and O–H groups in total. The second-order valence-corrected chi connectivity index (χ2v) is 8.48. The largest absolute Gasteiger partial charge is 0.442 e. The van der Waals surface area contributed by atoms with E-state index < -0.39 is 12.2 Å². The lowest BCUT2D eigenvalue weighted by Crippen LogP contribution is -2.33. The molecule has 2 aliphatic heterocycles. The highest BCUT2D eigenvalue weighted by molar-refractivity contribution is 5.90. The van der Waals surface area contributed by atoms with Crippen LogP contribution in [0.15, 0.2) is 18.2 Å². The molecule has 4 atom stereocenters. The van der Waals surface area contributed by atoms with Crippen molar-refractivity contribution in [1.29, 1.82) is 0 Å². The van der Waals surface area contributed by atoms with Crippen molar-refractivity contribution in [3.05, 3.63) is 24.0 Å². The Labute approximate surface area is 174 Å². The number of ether oxygens (including phenoxy) is 1. The zero-order valence-electron chi connectivity index (χ0n) is 17.2. The first-order chi connectivity index (χ1) is 14.3. The SMILES string of the molecule is CC(=O)NC[C@H]1CN(c2ccc(N3C[C@H]4CC(NC(C)=O)C[C@H]4C3)c(F)c2)C(=O)O1. The number of nitrogens with one attached hydrogen (secondary N) is 2. The number of hydrogen-bond acceptors (Lipinski definition) is 5. The van der Waals surface area contributed by atoms with E-state index in [0.717, 1.165) is 25.9 Å². The molecular formula is C21H27FN4O4. The average molecular weight is 418 g/mol. The predicted octanol–water partition coefficient (Wildman–Crippen LogP) is 1.64. The maximum Gasteiger partial charge on any atom is 0.414 e. The van der Waals surface area contributed by atoms with Crippen LogP contribution in [0.1, 0.15) is 26.7 Å². The van der Waals surface area contributed by atoms with Gasteiger partial charge in [-0.05, 0) is 42.9 Å². The van der Waals surface area contributed by atoms with Gasteiger partial charge in [0.15, 0.2) is 0 Å². The van der Waals surface area contributed by atoms with Crippen LogP contribution in [0.25, 0.3) is 0 Å². The van der Waals surface area contributed by atoms with Gasteiger partial charge in [0.25, 0.3) is 0 Å². The topological polar surface area (TPSA) is 91.0 Å². The maximum atomic E-state index is 14.9. The molecule has 1 saturated carbocycles. The number of amides is 3. The minimum Gasteiger partial charge on any atom is -0.442 e. The van der Waals surface area contributed by atoms with E-state index in [4.69, 9.17) is 4.74 Å². The van der Waals surface area contributed by atoms with Gasteiger partial charge in [-0.1, -0.05) is 0 Å². The van der Waals surface area contributed by atoms with Gasteiger partial charge in [0, 0.05) is 33.0 Å². The Hall–Kier alpha value is -2.84. The molecule has 9 heteroatoms. The number of hydrogen-bond donors (Lipinski definition) is 2. The molecule has 1 aliphatic carbocycles. The van der Waals surface area contributed by atoms with E-state index in [-0.39, 0.29) is 36.8 Å². The van der Waals surface area contributed by atoms with Gasteiger partial charge in [0.2, 0.25) is 11.8 Å². The lowest BCUT2D eigenvalue weighted by Gasteiger charge is -2.23. The fourth-order valence-corrected chi connectivity index (χ4v) is 4.92. The molecule has 30 heavy (non-hydrogen) atoms. The molecule has 1 unspecified atom stereocenters. The standard InChI is InChI=1S/C21H27FN4O4/c1-12(27)23-8-18-11-26(21(29)30-18)17-3-4-20(19(22)7-17)25-9-14-5-16(24-13(2)28)6-15(14)10-25/h3-4,7,14-16,18H,5-6,8-11H2,1-2H3,(H,23,27)(H,24,28)/t14-,15+,16?,18-/m0/s1. The summed E-state index contributed by atoms with van der Waals surface area (Å²) in [4.78, 5) is 37.9. The van der Waals surface area contributed by atoms with Crippen LogP contribution in [0.4, 0.5) is 20.6 Å². The van der Waals surface area contributed by atoms with Crippen molar-refractivity contribution in [2.75, 3.05) is 36.0 Å². The number of anilines is 2. The number of cyclic esters (lactones) is 1. The number of rotatable bonds is 5. The first kappa shape index (κ1) is 20.4. The number of halogens is 1. The van der Waals surface area contributed by atoms with Gasteiger partial charge in [0.1, 0.15) is 11.9 Å². The van der Waals surface area contributed by atoms with Crippen LogP contribution < -0.4 is 20.4 Å². The summed E-state index contributed by atoms with van der Waals surface area (Å²) in [6, 6.07) is 5.03. The van der Waals surface area contributed by atoms with Crippen LogP contribution in [0.3, 0.4) is 0 Å². The smallest absolute Gasteiger partial charge is 0.414 e. The molecule has 0 aromatic heterocycles. The number of carbonyl (C=O) groups excluding carboxylic acids is 3. The first-order valence-electron chi connectivity index (χ1n) is 10.3. The highest BCUT2D eigenvalue weighted by Gasteiger charge is 2.42. The van der Waals surface area contributed by atoms with E-state index in [1.54, 1.807) is 12.1 Å². The highest BCUT2D eigenvalue weighted by Crippen LogP contribution is 2.41. The minimum atomic E-state index is -0.544. The molecule has 162 valence electrons. The normalized spacial score (nSPS) is 27.8. The first-order valence-corrected chi connectivity index (χ1v) is 10.3. The summed E-state index contributed by atoms with van der Waals surface area (Å²) < 4.78 is 20.2. The summed E-state index contributed by atoms with van der Waals surface area (Å²) in [5, 5.41) is 5.62. The van der Waals surface area contributed by atoms with E-state index in [1.807, 2.05) is 0 Å². The Balaban J connectivity index is 1.38. The third kappa shape index (κ3) is 4.20. The molecule has 0 spiro atoms. The van der Waals surface area contributed by atoms with Crippen LogP contribution in [0.5, 0.6) is 0 Å². The van der Waals surface area contributed by atoms with Crippen LogP contribution in [0.2, 0.25) is 0 Å². The summed E-state index contributed by atoms with van der Waals surface area (Å²) in [5.74, 6) is 0.328. The Morgan fingerprint density at radius 3 is 2.43 bits per heavy atom. The monoisotopic (exact) mass is 418 g/mol. The number of benzene rings is 1. The number of nitrogens with zero attached hydrogens (tertiary/aromatic N) is 2. The van der Waals surface area contributed by atoms with Crippen molar-refractivity contribution >= 4 is 29.3 Å². The molecule has 2 saturated heterocycles. The van der Waals surface area contributed by atoms with E-state index in [9.17, 15) is 18.8 Å². The molecule has 2 heterocycles. The second kappa shape index (κ2) is 8.12. The van der Waals surface area contributed by atoms with Gasteiger partial charge in [-0.25, -0.2) is 9.18 Å². The molecule has 1 aromatic carbocycles. The van der Waals surface area contributed by atoms with Crippen LogP contribution in [0, 0.1) is 17.7 Å². The molecule has 1 aromatic rings.